The maximum atomic E-state index is 11.8. The second-order valence-electron chi connectivity index (χ2n) is 5.50. The average molecular weight is 251 g/mol. The molecular formula is C13H21N3O2. The summed E-state index contributed by atoms with van der Waals surface area (Å²) >= 11 is 0. The van der Waals surface area contributed by atoms with Crippen LogP contribution in [0.5, 0.6) is 0 Å². The number of carbonyl (C=O) groups excluding carboxylic acids is 1. The normalized spacial score (nSPS) is 18.3. The van der Waals surface area contributed by atoms with Crippen molar-refractivity contribution in [2.45, 2.75) is 39.2 Å². The van der Waals surface area contributed by atoms with Crippen LogP contribution in [0.3, 0.4) is 0 Å². The van der Waals surface area contributed by atoms with Gasteiger partial charge in [0, 0.05) is 18.8 Å². The Labute approximate surface area is 108 Å². The van der Waals surface area contributed by atoms with Crippen LogP contribution in [0.25, 0.3) is 4.85 Å². The Kier molecular flexibility index (Phi) is 4.60. The third-order valence-corrected chi connectivity index (χ3v) is 2.83. The highest BCUT2D eigenvalue weighted by Crippen LogP contribution is 2.23. The van der Waals surface area contributed by atoms with E-state index in [0.717, 1.165) is 12.8 Å². The van der Waals surface area contributed by atoms with Crippen LogP contribution in [0.4, 0.5) is 4.79 Å². The van der Waals surface area contributed by atoms with Crippen molar-refractivity contribution in [1.82, 2.24) is 4.90 Å². The molecule has 1 saturated heterocycles. The fourth-order valence-electron chi connectivity index (χ4n) is 1.90. The number of amides is 1. The highest BCUT2D eigenvalue weighted by molar-refractivity contribution is 5.68. The predicted molar refractivity (Wildman–Crippen MR) is 69.4 cm³/mol. The van der Waals surface area contributed by atoms with Gasteiger partial charge in [0.2, 0.25) is 0 Å². The summed E-state index contributed by atoms with van der Waals surface area (Å²) in [6, 6.07) is 0. The van der Waals surface area contributed by atoms with Crippen LogP contribution >= 0.6 is 0 Å². The molecule has 1 rings (SSSR count). The van der Waals surface area contributed by atoms with Gasteiger partial charge in [0.15, 0.2) is 6.20 Å². The zero-order valence-electron chi connectivity index (χ0n) is 11.3. The fourth-order valence-corrected chi connectivity index (χ4v) is 1.90. The number of hydrogen-bond acceptors (Lipinski definition) is 3. The molecule has 0 bridgehead atoms. The van der Waals surface area contributed by atoms with E-state index in [-0.39, 0.29) is 12.0 Å². The van der Waals surface area contributed by atoms with Crippen molar-refractivity contribution in [3.05, 3.63) is 23.3 Å². The molecule has 5 heteroatoms. The quantitative estimate of drug-likeness (QED) is 0.728. The molecule has 0 unspecified atom stereocenters. The van der Waals surface area contributed by atoms with Gasteiger partial charge < -0.3 is 15.4 Å². The van der Waals surface area contributed by atoms with Crippen molar-refractivity contribution >= 4 is 6.09 Å². The van der Waals surface area contributed by atoms with E-state index in [9.17, 15) is 4.79 Å². The molecule has 0 aromatic heterocycles. The van der Waals surface area contributed by atoms with Crippen molar-refractivity contribution in [2.75, 3.05) is 13.1 Å². The van der Waals surface area contributed by atoms with Crippen molar-refractivity contribution in [3.8, 4) is 0 Å². The van der Waals surface area contributed by atoms with Gasteiger partial charge in [-0.3, -0.25) is 0 Å². The number of nitrogens with two attached hydrogens (primary N) is 1. The molecule has 0 saturated carbocycles. The summed E-state index contributed by atoms with van der Waals surface area (Å²) in [6.45, 7) is 13.6. The average Bonchev–Trinajstić information content (AvgIpc) is 2.27. The lowest BCUT2D eigenvalue weighted by atomic mass is 9.94. The van der Waals surface area contributed by atoms with E-state index < -0.39 is 5.60 Å². The molecular weight excluding hydrogens is 230 g/mol. The highest BCUT2D eigenvalue weighted by Gasteiger charge is 2.27. The maximum absolute atomic E-state index is 11.8. The third-order valence-electron chi connectivity index (χ3n) is 2.83. The summed E-state index contributed by atoms with van der Waals surface area (Å²) < 4.78 is 5.31. The Morgan fingerprint density at radius 3 is 2.44 bits per heavy atom. The minimum absolute atomic E-state index is 0.206. The molecule has 100 valence electrons. The zero-order chi connectivity index (χ0) is 13.8. The molecule has 1 amide bonds. The summed E-state index contributed by atoms with van der Waals surface area (Å²) in [5.41, 5.74) is 5.95. The molecule has 5 nitrogen and oxygen atoms in total. The first-order valence-corrected chi connectivity index (χ1v) is 6.13. The van der Waals surface area contributed by atoms with Gasteiger partial charge in [-0.1, -0.05) is 0 Å². The van der Waals surface area contributed by atoms with Gasteiger partial charge in [-0.2, -0.15) is 0 Å². The van der Waals surface area contributed by atoms with E-state index in [0.29, 0.717) is 18.8 Å². The number of piperidine rings is 1. The Bertz CT molecular complexity index is 369. The minimum Gasteiger partial charge on any atom is -0.444 e. The van der Waals surface area contributed by atoms with Crippen LogP contribution in [-0.4, -0.2) is 29.7 Å². The molecule has 1 aliphatic heterocycles. The van der Waals surface area contributed by atoms with Crippen LogP contribution in [-0.2, 0) is 4.74 Å². The van der Waals surface area contributed by atoms with E-state index in [2.05, 4.69) is 4.85 Å². The Hall–Kier alpha value is -1.70. The molecule has 0 spiro atoms. The number of allylic oxidation sites excluding steroid dienone is 1. The number of ether oxygens (including phenoxy) is 1. The predicted octanol–water partition coefficient (Wildman–Crippen LogP) is 2.35. The number of likely N-dealkylation sites (tertiary alicyclic amines) is 1. The van der Waals surface area contributed by atoms with Gasteiger partial charge in [0.1, 0.15) is 5.60 Å². The summed E-state index contributed by atoms with van der Waals surface area (Å²) in [6.07, 6.45) is 2.68. The number of nitrogens with zero attached hydrogens (tertiary/aromatic N) is 2. The first-order chi connectivity index (χ1) is 8.33. The summed E-state index contributed by atoms with van der Waals surface area (Å²) in [7, 11) is 0. The summed E-state index contributed by atoms with van der Waals surface area (Å²) in [5, 5.41) is 0. The molecule has 0 atom stereocenters. The van der Waals surface area contributed by atoms with Crippen molar-refractivity contribution < 1.29 is 9.53 Å². The molecule has 1 aliphatic rings. The third kappa shape index (κ3) is 4.28. The van der Waals surface area contributed by atoms with Crippen molar-refractivity contribution in [3.63, 3.8) is 0 Å². The molecule has 1 heterocycles. The first kappa shape index (κ1) is 14.4. The highest BCUT2D eigenvalue weighted by atomic mass is 16.6. The van der Waals surface area contributed by atoms with Crippen LogP contribution in [0.2, 0.25) is 0 Å². The second kappa shape index (κ2) is 5.76. The van der Waals surface area contributed by atoms with Crippen LogP contribution in [0.1, 0.15) is 33.6 Å². The number of carbonyl (C=O) groups is 1. The zero-order valence-corrected chi connectivity index (χ0v) is 11.3. The van der Waals surface area contributed by atoms with Crippen LogP contribution in [0.15, 0.2) is 11.9 Å². The van der Waals surface area contributed by atoms with Gasteiger partial charge in [0.25, 0.3) is 0 Å². The van der Waals surface area contributed by atoms with E-state index >= 15 is 0 Å². The molecule has 1 fully saturated rings. The summed E-state index contributed by atoms with van der Waals surface area (Å²) in [5.74, 6) is 0.206. The Balaban J connectivity index is 2.47. The molecule has 2 N–H and O–H groups in total. The van der Waals surface area contributed by atoms with Gasteiger partial charge >= 0.3 is 6.09 Å². The van der Waals surface area contributed by atoms with E-state index in [4.69, 9.17) is 17.0 Å². The SMILES string of the molecule is [C-]#[N+]/C=C(/N)C1CCN(C(=O)OC(C)(C)C)CC1. The molecule has 18 heavy (non-hydrogen) atoms. The smallest absolute Gasteiger partial charge is 0.410 e. The molecule has 0 aromatic carbocycles. The molecule has 0 aromatic rings. The van der Waals surface area contributed by atoms with E-state index in [1.807, 2.05) is 20.8 Å². The molecule has 0 radical (unpaired) electrons. The van der Waals surface area contributed by atoms with Crippen molar-refractivity contribution in [2.24, 2.45) is 11.7 Å². The summed E-state index contributed by atoms with van der Waals surface area (Å²) in [4.78, 5) is 16.7. The minimum atomic E-state index is -0.461. The van der Waals surface area contributed by atoms with Gasteiger partial charge in [-0.25, -0.2) is 9.64 Å². The lowest BCUT2D eigenvalue weighted by Gasteiger charge is -2.33. The largest absolute Gasteiger partial charge is 0.444 e. The standard InChI is InChI=1S/C13H21N3O2/c1-13(2,3)18-12(17)16-7-5-10(6-8-16)11(14)9-15-4/h9-10H,5-8,14H2,1-3H3/b11-9+. The lowest BCUT2D eigenvalue weighted by Crippen LogP contribution is -2.42. The first-order valence-electron chi connectivity index (χ1n) is 6.13. The van der Waals surface area contributed by atoms with Gasteiger partial charge in [0.05, 0.1) is 6.57 Å². The second-order valence-corrected chi connectivity index (χ2v) is 5.50. The van der Waals surface area contributed by atoms with Gasteiger partial charge in [-0.15, -0.1) is 0 Å². The monoisotopic (exact) mass is 251 g/mol. The van der Waals surface area contributed by atoms with Crippen LogP contribution < -0.4 is 5.73 Å². The Morgan fingerprint density at radius 2 is 2.00 bits per heavy atom. The fraction of sp³-hybridized carbons (Fsp3) is 0.692. The van der Waals surface area contributed by atoms with Crippen molar-refractivity contribution in [1.29, 1.82) is 0 Å². The van der Waals surface area contributed by atoms with Crippen LogP contribution in [0, 0.1) is 12.5 Å². The van der Waals surface area contributed by atoms with E-state index in [1.165, 1.54) is 6.20 Å². The number of hydrogen-bond donors (Lipinski definition) is 1. The topological polar surface area (TPSA) is 59.9 Å². The number of rotatable bonds is 1. The molecule has 0 aliphatic carbocycles. The Morgan fingerprint density at radius 1 is 1.44 bits per heavy atom. The van der Waals surface area contributed by atoms with E-state index in [1.54, 1.807) is 4.90 Å². The van der Waals surface area contributed by atoms with Gasteiger partial charge in [-0.05, 0) is 39.5 Å². The maximum Gasteiger partial charge on any atom is 0.410 e. The lowest BCUT2D eigenvalue weighted by molar-refractivity contribution is 0.0194.